The standard InChI is InChI=1S/C44H80B6O12/c1-33(2)34(3,4)52-45(51-33)29(31(47-55-37(9,10)38(11,12)56-47)48-57-39(13,14)40(15,16)58-48)27-25-26-28-30(46-53-35(5,6)36(7,8)54-46)32(49-59-41(17,18)42(19,20)60-49)50-61-43(21,22)44(23,24)62-50/h25-28H2,1-24H3. The Bertz CT molecular complexity index is 1500. The van der Waals surface area contributed by atoms with Crippen LogP contribution < -0.4 is 0 Å². The van der Waals surface area contributed by atoms with Crippen molar-refractivity contribution < 1.29 is 55.9 Å². The second kappa shape index (κ2) is 15.5. The average molecular weight is 866 g/mol. The lowest BCUT2D eigenvalue weighted by Gasteiger charge is -2.32. The lowest BCUT2D eigenvalue weighted by molar-refractivity contribution is 0.00578. The maximum atomic E-state index is 6.87. The molecule has 6 rings (SSSR count). The molecule has 0 N–H and O–H groups in total. The fraction of sp³-hybridized carbons (Fsp3) is 0.909. The highest BCUT2D eigenvalue weighted by Gasteiger charge is 2.65. The summed E-state index contributed by atoms with van der Waals surface area (Å²) in [4.78, 5) is 0. The molecule has 18 heteroatoms. The highest BCUT2D eigenvalue weighted by atomic mass is 16.7. The van der Waals surface area contributed by atoms with E-state index in [9.17, 15) is 0 Å². The zero-order valence-electron chi connectivity index (χ0n) is 43.2. The predicted octanol–water partition coefficient (Wildman–Crippen LogP) is 8.93. The maximum Gasteiger partial charge on any atom is 0.489 e. The van der Waals surface area contributed by atoms with Crippen molar-refractivity contribution in [3.63, 3.8) is 0 Å². The van der Waals surface area contributed by atoms with Gasteiger partial charge in [-0.25, -0.2) is 0 Å². The lowest BCUT2D eigenvalue weighted by Crippen LogP contribution is -2.41. The molecule has 0 bridgehead atoms. The minimum Gasteiger partial charge on any atom is -0.400 e. The van der Waals surface area contributed by atoms with Crippen molar-refractivity contribution in [2.45, 2.75) is 259 Å². The maximum absolute atomic E-state index is 6.87. The Kier molecular flexibility index (Phi) is 12.7. The van der Waals surface area contributed by atoms with Crippen LogP contribution in [0.2, 0.25) is 0 Å². The van der Waals surface area contributed by atoms with E-state index in [0.29, 0.717) is 25.7 Å². The molecule has 0 saturated carbocycles. The van der Waals surface area contributed by atoms with Crippen LogP contribution in [-0.2, 0) is 55.9 Å². The van der Waals surface area contributed by atoms with Gasteiger partial charge >= 0.3 is 42.7 Å². The van der Waals surface area contributed by atoms with E-state index in [0.717, 1.165) is 21.7 Å². The molecule has 12 nitrogen and oxygen atoms in total. The van der Waals surface area contributed by atoms with Crippen molar-refractivity contribution in [1.29, 1.82) is 0 Å². The Balaban J connectivity index is 1.45. The van der Waals surface area contributed by atoms with Crippen LogP contribution in [-0.4, -0.2) is 110 Å². The quantitative estimate of drug-likeness (QED) is 0.146. The molecular weight excluding hydrogens is 785 g/mol. The number of rotatable bonds is 11. The molecule has 0 amide bonds. The van der Waals surface area contributed by atoms with Gasteiger partial charge in [-0.3, -0.25) is 0 Å². The second-order valence-electron chi connectivity index (χ2n) is 24.7. The Morgan fingerprint density at radius 3 is 0.500 bits per heavy atom. The molecule has 0 aromatic carbocycles. The predicted molar refractivity (Wildman–Crippen MR) is 249 cm³/mol. The molecule has 6 saturated heterocycles. The Morgan fingerprint density at radius 1 is 0.226 bits per heavy atom. The van der Waals surface area contributed by atoms with E-state index in [1.165, 1.54) is 0 Å². The summed E-state index contributed by atoms with van der Waals surface area (Å²) in [7, 11) is -4.53. The van der Waals surface area contributed by atoms with E-state index in [4.69, 9.17) is 55.9 Å². The summed E-state index contributed by atoms with van der Waals surface area (Å²) < 4.78 is 82.2. The molecule has 62 heavy (non-hydrogen) atoms. The smallest absolute Gasteiger partial charge is 0.400 e. The fourth-order valence-corrected chi connectivity index (χ4v) is 8.11. The summed E-state index contributed by atoms with van der Waals surface area (Å²) in [5.74, 6) is 0. The summed E-state index contributed by atoms with van der Waals surface area (Å²) in [6.45, 7) is 49.5. The van der Waals surface area contributed by atoms with Gasteiger partial charge in [0.25, 0.3) is 0 Å². The molecule has 0 unspecified atom stereocenters. The van der Waals surface area contributed by atoms with Gasteiger partial charge in [0, 0.05) is 0 Å². The molecule has 346 valence electrons. The van der Waals surface area contributed by atoms with Gasteiger partial charge in [0.15, 0.2) is 0 Å². The highest BCUT2D eigenvalue weighted by molar-refractivity contribution is 6.82. The number of hydrogen-bond acceptors (Lipinski definition) is 12. The van der Waals surface area contributed by atoms with Gasteiger partial charge in [0.2, 0.25) is 0 Å². The lowest BCUT2D eigenvalue weighted by atomic mass is 9.49. The van der Waals surface area contributed by atoms with Crippen LogP contribution >= 0.6 is 0 Å². The first-order valence-corrected chi connectivity index (χ1v) is 23.2. The van der Waals surface area contributed by atoms with Crippen LogP contribution in [0, 0.1) is 0 Å². The van der Waals surface area contributed by atoms with Gasteiger partial charge in [-0.15, -0.1) is 0 Å². The van der Waals surface area contributed by atoms with E-state index in [1.54, 1.807) is 0 Å². The molecule has 6 aliphatic heterocycles. The van der Waals surface area contributed by atoms with E-state index in [1.807, 2.05) is 0 Å². The van der Waals surface area contributed by atoms with Crippen LogP contribution in [0.25, 0.3) is 0 Å². The molecule has 6 aliphatic rings. The molecule has 0 spiro atoms. The monoisotopic (exact) mass is 867 g/mol. The molecule has 6 heterocycles. The van der Waals surface area contributed by atoms with Gasteiger partial charge < -0.3 is 55.9 Å². The van der Waals surface area contributed by atoms with Gasteiger partial charge in [-0.2, -0.15) is 0 Å². The Hall–Kier alpha value is -0.610. The summed E-state index contributed by atoms with van der Waals surface area (Å²) in [6, 6.07) is 0. The third kappa shape index (κ3) is 8.72. The highest BCUT2D eigenvalue weighted by Crippen LogP contribution is 2.50. The van der Waals surface area contributed by atoms with Gasteiger partial charge in [0.1, 0.15) is 0 Å². The number of hydrogen-bond donors (Lipinski definition) is 0. The number of unbranched alkanes of at least 4 members (excludes halogenated alkanes) is 1. The van der Waals surface area contributed by atoms with E-state index < -0.39 is 110 Å². The van der Waals surface area contributed by atoms with Crippen LogP contribution in [0.15, 0.2) is 21.7 Å². The fourth-order valence-electron chi connectivity index (χ4n) is 8.11. The largest absolute Gasteiger partial charge is 0.489 e. The molecule has 0 radical (unpaired) electrons. The van der Waals surface area contributed by atoms with Gasteiger partial charge in [-0.05, 0) is 214 Å². The van der Waals surface area contributed by atoms with Crippen molar-refractivity contribution >= 4 is 42.7 Å². The minimum absolute atomic E-state index is 0.569. The van der Waals surface area contributed by atoms with Crippen LogP contribution in [0.1, 0.15) is 192 Å². The Labute approximate surface area is 378 Å². The zero-order valence-corrected chi connectivity index (χ0v) is 43.2. The normalized spacial score (nSPS) is 29.8. The molecular formula is C44H80B6O12. The minimum atomic E-state index is -0.776. The SMILES string of the molecule is CC1(C)OB(C(CCCCC(B2OC(C)(C)C(C)(C)O2)=C(B2OC(C)(C)C(C)(C)O2)B2OC(C)(C)C(C)(C)O2)=C(B2OC(C)(C)C(C)(C)O2)B2OC(C)(C)C(C)(C)O2)OC1(C)C. The molecule has 0 aliphatic carbocycles. The van der Waals surface area contributed by atoms with Crippen molar-refractivity contribution in [2.75, 3.05) is 0 Å². The molecule has 0 aromatic rings. The third-order valence-electron chi connectivity index (χ3n) is 17.0. The topological polar surface area (TPSA) is 111 Å². The van der Waals surface area contributed by atoms with E-state index >= 15 is 0 Å². The first-order valence-electron chi connectivity index (χ1n) is 23.2. The van der Waals surface area contributed by atoms with Crippen LogP contribution in [0.4, 0.5) is 0 Å². The van der Waals surface area contributed by atoms with E-state index in [2.05, 4.69) is 166 Å². The van der Waals surface area contributed by atoms with Gasteiger partial charge in [-0.1, -0.05) is 0 Å². The summed E-state index contributed by atoms with van der Waals surface area (Å²) in [5, 5.41) is 1.50. The van der Waals surface area contributed by atoms with Crippen molar-refractivity contribution in [3.8, 4) is 0 Å². The van der Waals surface area contributed by atoms with Crippen LogP contribution in [0.5, 0.6) is 0 Å². The zero-order chi connectivity index (χ0) is 47.1. The number of allylic oxidation sites excluding steroid dienone is 2. The molecule has 0 atom stereocenters. The summed E-state index contributed by atoms with van der Waals surface area (Å²) >= 11 is 0. The molecule has 0 aromatic heterocycles. The summed E-state index contributed by atoms with van der Waals surface area (Å²) in [6.07, 6.45) is 2.56. The van der Waals surface area contributed by atoms with Crippen molar-refractivity contribution in [2.24, 2.45) is 0 Å². The second-order valence-corrected chi connectivity index (χ2v) is 24.7. The molecule has 6 fully saturated rings. The first kappa shape index (κ1) is 50.8. The van der Waals surface area contributed by atoms with Crippen molar-refractivity contribution in [3.05, 3.63) is 21.7 Å². The van der Waals surface area contributed by atoms with E-state index in [-0.39, 0.29) is 0 Å². The third-order valence-corrected chi connectivity index (χ3v) is 17.0. The van der Waals surface area contributed by atoms with Crippen molar-refractivity contribution in [1.82, 2.24) is 0 Å². The summed E-state index contributed by atoms with van der Waals surface area (Å²) in [5.41, 5.74) is -5.58. The first-order chi connectivity index (χ1) is 27.6. The van der Waals surface area contributed by atoms with Gasteiger partial charge in [0.05, 0.1) is 67.2 Å². The van der Waals surface area contributed by atoms with Crippen LogP contribution in [0.3, 0.4) is 0 Å². The Morgan fingerprint density at radius 2 is 0.355 bits per heavy atom. The average Bonchev–Trinajstić information content (AvgIpc) is 3.71.